The summed E-state index contributed by atoms with van der Waals surface area (Å²) in [5, 5.41) is 10.2. The third-order valence-corrected chi connectivity index (χ3v) is 1.58. The molecule has 0 spiro atoms. The molecule has 12 heavy (non-hydrogen) atoms. The van der Waals surface area contributed by atoms with Gasteiger partial charge in [-0.3, -0.25) is 10.1 Å². The smallest absolute Gasteiger partial charge is 0.240 e. The van der Waals surface area contributed by atoms with Gasteiger partial charge in [0.15, 0.2) is 5.51 Å². The van der Waals surface area contributed by atoms with Crippen molar-refractivity contribution in [2.45, 2.75) is 0 Å². The molecule has 0 saturated carbocycles. The molecular weight excluding hydrogens is 176 g/mol. The quantitative estimate of drug-likeness (QED) is 0.710. The molecule has 1 aromatic rings. The maximum atomic E-state index is 11.1. The second-order valence-corrected chi connectivity index (χ2v) is 3.26. The summed E-state index contributed by atoms with van der Waals surface area (Å²) in [4.78, 5) is 12.9. The Morgan fingerprint density at radius 1 is 1.75 bits per heavy atom. The van der Waals surface area contributed by atoms with E-state index in [1.165, 1.54) is 11.3 Å². The average Bonchev–Trinajstić information content (AvgIpc) is 2.37. The first-order valence-electron chi connectivity index (χ1n) is 3.32. The predicted octanol–water partition coefficient (Wildman–Crippen LogP) is -0.162. The molecule has 0 atom stereocenters. The van der Waals surface area contributed by atoms with Crippen LogP contribution in [0.25, 0.3) is 0 Å². The van der Waals surface area contributed by atoms with E-state index < -0.39 is 0 Å². The van der Waals surface area contributed by atoms with Crippen LogP contribution in [0.3, 0.4) is 0 Å². The van der Waals surface area contributed by atoms with E-state index in [1.54, 1.807) is 4.90 Å². The van der Waals surface area contributed by atoms with Crippen LogP contribution in [0.2, 0.25) is 0 Å². The van der Waals surface area contributed by atoms with Crippen molar-refractivity contribution in [2.24, 2.45) is 0 Å². The third kappa shape index (κ3) is 2.93. The fourth-order valence-electron chi connectivity index (χ4n) is 0.646. The van der Waals surface area contributed by atoms with Gasteiger partial charge in [0.2, 0.25) is 11.0 Å². The molecule has 5 nitrogen and oxygen atoms in total. The molecule has 0 saturated heterocycles. The number of nitrogens with zero attached hydrogens (tertiary/aromatic N) is 3. The first kappa shape index (κ1) is 9.08. The number of carbonyl (C=O) groups is 1. The van der Waals surface area contributed by atoms with Gasteiger partial charge in [-0.15, -0.1) is 10.2 Å². The summed E-state index contributed by atoms with van der Waals surface area (Å²) >= 11 is 1.18. The Kier molecular flexibility index (Phi) is 3.12. The molecule has 0 bridgehead atoms. The van der Waals surface area contributed by atoms with E-state index in [1.807, 2.05) is 14.1 Å². The van der Waals surface area contributed by atoms with E-state index in [0.717, 1.165) is 0 Å². The first-order valence-corrected chi connectivity index (χ1v) is 4.14. The fraction of sp³-hybridized carbons (Fsp3) is 0.500. The number of nitrogens with one attached hydrogen (secondary N) is 1. The lowest BCUT2D eigenvalue weighted by Gasteiger charge is -2.07. The number of amides is 1. The Morgan fingerprint density at radius 2 is 2.50 bits per heavy atom. The lowest BCUT2D eigenvalue weighted by atomic mass is 10.5. The number of rotatable bonds is 3. The largest absolute Gasteiger partial charge is 0.301 e. The summed E-state index contributed by atoms with van der Waals surface area (Å²) in [6.07, 6.45) is 0. The number of hydrogen-bond donors (Lipinski definition) is 1. The van der Waals surface area contributed by atoms with E-state index in [9.17, 15) is 4.79 Å². The minimum atomic E-state index is -0.0925. The highest BCUT2D eigenvalue weighted by molar-refractivity contribution is 7.13. The summed E-state index contributed by atoms with van der Waals surface area (Å²) in [5.74, 6) is -0.0925. The van der Waals surface area contributed by atoms with Crippen molar-refractivity contribution in [3.8, 4) is 0 Å². The summed E-state index contributed by atoms with van der Waals surface area (Å²) in [5.41, 5.74) is 2.54. The standard InChI is InChI=1S/C6H9N4OS/c1-10(2)3-5(11)8-6-9-7-4-12-6/h3H2,1-2H3,(H,8,9,11). The zero-order chi connectivity index (χ0) is 8.97. The molecule has 0 aromatic carbocycles. The Balaban J connectivity index is 2.37. The number of likely N-dealkylation sites (N-methyl/N-ethyl adjacent to an activating group) is 1. The molecule has 1 amide bonds. The van der Waals surface area contributed by atoms with Gasteiger partial charge in [-0.2, -0.15) is 0 Å². The number of hydrogen-bond acceptors (Lipinski definition) is 5. The van der Waals surface area contributed by atoms with Crippen LogP contribution in [0.5, 0.6) is 0 Å². The maximum absolute atomic E-state index is 11.1. The van der Waals surface area contributed by atoms with Crippen LogP contribution in [0.4, 0.5) is 5.13 Å². The first-order chi connectivity index (χ1) is 5.68. The van der Waals surface area contributed by atoms with Crippen molar-refractivity contribution < 1.29 is 4.79 Å². The monoisotopic (exact) mass is 185 g/mol. The normalized spacial score (nSPS) is 10.2. The highest BCUT2D eigenvalue weighted by Gasteiger charge is 2.04. The van der Waals surface area contributed by atoms with Crippen molar-refractivity contribution in [1.82, 2.24) is 15.1 Å². The Bertz CT molecular complexity index is 246. The van der Waals surface area contributed by atoms with Gasteiger partial charge in [0.25, 0.3) is 0 Å². The van der Waals surface area contributed by atoms with Crippen molar-refractivity contribution in [3.05, 3.63) is 5.51 Å². The van der Waals surface area contributed by atoms with Gasteiger partial charge >= 0.3 is 0 Å². The molecule has 0 aliphatic carbocycles. The predicted molar refractivity (Wildman–Crippen MR) is 45.9 cm³/mol. The molecular formula is C6H9N4OS. The highest BCUT2D eigenvalue weighted by atomic mass is 32.1. The second-order valence-electron chi connectivity index (χ2n) is 2.48. The molecule has 65 valence electrons. The molecule has 1 rings (SSSR count). The zero-order valence-electron chi connectivity index (χ0n) is 6.87. The number of anilines is 1. The van der Waals surface area contributed by atoms with Gasteiger partial charge in [-0.1, -0.05) is 11.3 Å². The maximum Gasteiger partial charge on any atom is 0.240 e. The molecule has 1 N–H and O–H groups in total. The van der Waals surface area contributed by atoms with E-state index in [-0.39, 0.29) is 5.91 Å². The molecule has 1 aromatic heterocycles. The van der Waals surface area contributed by atoms with E-state index in [0.29, 0.717) is 11.7 Å². The van der Waals surface area contributed by atoms with Gasteiger partial charge in [-0.05, 0) is 14.1 Å². The van der Waals surface area contributed by atoms with Gasteiger partial charge in [0.05, 0.1) is 6.54 Å². The van der Waals surface area contributed by atoms with Crippen LogP contribution in [0, 0.1) is 5.51 Å². The van der Waals surface area contributed by atoms with E-state index in [2.05, 4.69) is 21.0 Å². The summed E-state index contributed by atoms with van der Waals surface area (Å²) in [6, 6.07) is 0. The van der Waals surface area contributed by atoms with Gasteiger partial charge in [0.1, 0.15) is 0 Å². The SMILES string of the molecule is CN(C)CC(=O)Nc1nn[c]s1. The van der Waals surface area contributed by atoms with E-state index in [4.69, 9.17) is 0 Å². The van der Waals surface area contributed by atoms with Gasteiger partial charge in [-0.25, -0.2) is 0 Å². The summed E-state index contributed by atoms with van der Waals surface area (Å²) < 4.78 is 0. The third-order valence-electron chi connectivity index (χ3n) is 1.03. The van der Waals surface area contributed by atoms with Gasteiger partial charge in [0, 0.05) is 0 Å². The Hall–Kier alpha value is -1.01. The molecule has 6 heteroatoms. The lowest BCUT2D eigenvalue weighted by Crippen LogP contribution is -2.26. The van der Waals surface area contributed by atoms with Crippen LogP contribution in [0.1, 0.15) is 0 Å². The molecule has 0 unspecified atom stereocenters. The topological polar surface area (TPSA) is 58.1 Å². The van der Waals surface area contributed by atoms with Crippen LogP contribution in [-0.4, -0.2) is 41.6 Å². The second kappa shape index (κ2) is 4.13. The Labute approximate surface area is 74.4 Å². The minimum absolute atomic E-state index is 0.0925. The molecule has 0 aliphatic rings. The lowest BCUT2D eigenvalue weighted by molar-refractivity contribution is -0.116. The zero-order valence-corrected chi connectivity index (χ0v) is 7.68. The number of carbonyl (C=O) groups excluding carboxylic acids is 1. The fourth-order valence-corrected chi connectivity index (χ4v) is 1.06. The molecule has 1 radical (unpaired) electrons. The van der Waals surface area contributed by atoms with Crippen LogP contribution < -0.4 is 5.32 Å². The van der Waals surface area contributed by atoms with Crippen molar-refractivity contribution >= 4 is 22.4 Å². The highest BCUT2D eigenvalue weighted by Crippen LogP contribution is 2.06. The average molecular weight is 185 g/mol. The molecule has 0 aliphatic heterocycles. The molecule has 1 heterocycles. The van der Waals surface area contributed by atoms with Crippen molar-refractivity contribution in [1.29, 1.82) is 0 Å². The van der Waals surface area contributed by atoms with E-state index >= 15 is 0 Å². The Morgan fingerprint density at radius 3 is 3.00 bits per heavy atom. The molecule has 0 fully saturated rings. The summed E-state index contributed by atoms with van der Waals surface area (Å²) in [6.45, 7) is 0.347. The number of aromatic nitrogens is 2. The van der Waals surface area contributed by atoms with Crippen molar-refractivity contribution in [3.63, 3.8) is 0 Å². The van der Waals surface area contributed by atoms with Crippen molar-refractivity contribution in [2.75, 3.05) is 26.0 Å². The summed E-state index contributed by atoms with van der Waals surface area (Å²) in [7, 11) is 3.65. The van der Waals surface area contributed by atoms with Crippen LogP contribution in [-0.2, 0) is 4.79 Å². The minimum Gasteiger partial charge on any atom is -0.301 e. The van der Waals surface area contributed by atoms with Crippen LogP contribution in [0.15, 0.2) is 0 Å². The van der Waals surface area contributed by atoms with Crippen LogP contribution >= 0.6 is 11.3 Å². The van der Waals surface area contributed by atoms with Gasteiger partial charge < -0.3 is 4.90 Å².